The van der Waals surface area contributed by atoms with Gasteiger partial charge in [0.1, 0.15) is 0 Å². The Hall–Kier alpha value is -1.02. The number of amidine groups is 1. The maximum absolute atomic E-state index is 5.90. The van der Waals surface area contributed by atoms with Gasteiger partial charge < -0.3 is 5.73 Å². The number of nitrogens with two attached hydrogens (primary N) is 1. The van der Waals surface area contributed by atoms with E-state index in [-0.39, 0.29) is 0 Å². The Balaban J connectivity index is 2.25. The molecule has 1 aromatic rings. The third-order valence-corrected chi connectivity index (χ3v) is 3.10. The molecule has 1 rings (SSSR count). The average Bonchev–Trinajstić information content (AvgIpc) is 2.33. The second-order valence-electron chi connectivity index (χ2n) is 4.60. The van der Waals surface area contributed by atoms with Gasteiger partial charge >= 0.3 is 0 Å². The summed E-state index contributed by atoms with van der Waals surface area (Å²) in [4.78, 5) is 4.36. The molecule has 3 heteroatoms. The largest absolute Gasteiger partial charge is 0.387 e. The van der Waals surface area contributed by atoms with E-state index in [0.717, 1.165) is 18.5 Å². The van der Waals surface area contributed by atoms with E-state index >= 15 is 0 Å². The smallest absolute Gasteiger partial charge is 0.0996 e. The van der Waals surface area contributed by atoms with Crippen LogP contribution in [0.1, 0.15) is 51.9 Å². The molecule has 0 aromatic heterocycles. The Morgan fingerprint density at radius 2 is 1.89 bits per heavy atom. The van der Waals surface area contributed by atoms with E-state index in [1.165, 1.54) is 32.1 Å². The fraction of sp³-hybridized carbons (Fsp3) is 0.533. The monoisotopic (exact) mass is 266 g/mol. The average molecular weight is 267 g/mol. The van der Waals surface area contributed by atoms with E-state index in [1.54, 1.807) is 0 Å². The van der Waals surface area contributed by atoms with Crippen LogP contribution in [0.4, 0.5) is 5.69 Å². The minimum atomic E-state index is 0.698. The van der Waals surface area contributed by atoms with Crippen LogP contribution < -0.4 is 5.73 Å². The summed E-state index contributed by atoms with van der Waals surface area (Å²) in [6, 6.07) is 7.47. The number of nitrogens with zero attached hydrogens (tertiary/aromatic N) is 1. The topological polar surface area (TPSA) is 38.4 Å². The number of rotatable bonds is 8. The van der Waals surface area contributed by atoms with Gasteiger partial charge in [0.2, 0.25) is 0 Å². The summed E-state index contributed by atoms with van der Waals surface area (Å²) >= 11 is 5.89. The number of aliphatic imine (C=N–C) groups is 1. The number of benzene rings is 1. The lowest BCUT2D eigenvalue weighted by Gasteiger charge is -2.02. The van der Waals surface area contributed by atoms with Gasteiger partial charge in [-0.3, -0.25) is 0 Å². The van der Waals surface area contributed by atoms with Crippen molar-refractivity contribution >= 4 is 23.1 Å². The molecule has 0 spiro atoms. The van der Waals surface area contributed by atoms with Crippen LogP contribution >= 0.6 is 11.6 Å². The molecule has 0 amide bonds. The highest BCUT2D eigenvalue weighted by atomic mass is 35.5. The Morgan fingerprint density at radius 3 is 2.61 bits per heavy atom. The maximum atomic E-state index is 5.90. The van der Waals surface area contributed by atoms with Gasteiger partial charge in [-0.1, -0.05) is 56.7 Å². The Bertz CT molecular complexity index is 375. The van der Waals surface area contributed by atoms with E-state index in [9.17, 15) is 0 Å². The molecular formula is C15H23ClN2. The van der Waals surface area contributed by atoms with Crippen LogP contribution in [0.3, 0.4) is 0 Å². The lowest BCUT2D eigenvalue weighted by atomic mass is 10.1. The lowest BCUT2D eigenvalue weighted by molar-refractivity contribution is 0.615. The van der Waals surface area contributed by atoms with Gasteiger partial charge in [0.25, 0.3) is 0 Å². The van der Waals surface area contributed by atoms with Crippen molar-refractivity contribution in [3.8, 4) is 0 Å². The quantitative estimate of drug-likeness (QED) is 0.398. The van der Waals surface area contributed by atoms with Crippen molar-refractivity contribution in [3.05, 3.63) is 29.3 Å². The van der Waals surface area contributed by atoms with Gasteiger partial charge in [0.05, 0.1) is 11.5 Å². The molecule has 1 aromatic carbocycles. The van der Waals surface area contributed by atoms with E-state index < -0.39 is 0 Å². The fourth-order valence-electron chi connectivity index (χ4n) is 1.85. The molecule has 0 heterocycles. The van der Waals surface area contributed by atoms with Crippen molar-refractivity contribution in [2.24, 2.45) is 10.7 Å². The zero-order chi connectivity index (χ0) is 13.2. The molecule has 0 aliphatic rings. The van der Waals surface area contributed by atoms with Gasteiger partial charge in [-0.25, -0.2) is 4.99 Å². The second-order valence-corrected chi connectivity index (χ2v) is 5.04. The van der Waals surface area contributed by atoms with Gasteiger partial charge in [0.15, 0.2) is 0 Å². The van der Waals surface area contributed by atoms with Crippen molar-refractivity contribution in [3.63, 3.8) is 0 Å². The van der Waals surface area contributed by atoms with Crippen molar-refractivity contribution < 1.29 is 0 Å². The molecule has 0 bridgehead atoms. The van der Waals surface area contributed by atoms with Crippen LogP contribution in [-0.4, -0.2) is 5.84 Å². The van der Waals surface area contributed by atoms with Crippen LogP contribution in [0.25, 0.3) is 0 Å². The molecule has 2 N–H and O–H groups in total. The summed E-state index contributed by atoms with van der Waals surface area (Å²) < 4.78 is 0. The molecule has 0 saturated carbocycles. The zero-order valence-corrected chi connectivity index (χ0v) is 11.9. The van der Waals surface area contributed by atoms with E-state index in [4.69, 9.17) is 17.3 Å². The lowest BCUT2D eigenvalue weighted by Crippen LogP contribution is -2.10. The van der Waals surface area contributed by atoms with Crippen molar-refractivity contribution in [2.75, 3.05) is 0 Å². The Morgan fingerprint density at radius 1 is 1.17 bits per heavy atom. The highest BCUT2D eigenvalue weighted by Gasteiger charge is 1.96. The van der Waals surface area contributed by atoms with Crippen molar-refractivity contribution in [2.45, 2.75) is 51.9 Å². The predicted octanol–water partition coefficient (Wildman–Crippen LogP) is 5.08. The molecule has 0 aliphatic heterocycles. The first-order valence-corrected chi connectivity index (χ1v) is 7.18. The summed E-state index contributed by atoms with van der Waals surface area (Å²) in [5, 5.41) is 0.698. The van der Waals surface area contributed by atoms with Gasteiger partial charge in [-0.05, 0) is 24.6 Å². The standard InChI is InChI=1S/C15H23ClN2/c1-2-3-4-5-6-7-11-15(17)18-14-10-8-9-13(16)12-14/h8-10,12H,2-7,11H2,1H3,(H2,17,18). The Kier molecular flexibility index (Phi) is 7.51. The normalized spacial score (nSPS) is 11.8. The van der Waals surface area contributed by atoms with Crippen molar-refractivity contribution in [1.29, 1.82) is 0 Å². The molecule has 0 aliphatic carbocycles. The number of unbranched alkanes of at least 4 members (excludes halogenated alkanes) is 5. The molecule has 0 saturated heterocycles. The summed E-state index contributed by atoms with van der Waals surface area (Å²) in [7, 11) is 0. The van der Waals surface area contributed by atoms with Crippen LogP contribution in [0.2, 0.25) is 5.02 Å². The molecule has 0 unspecified atom stereocenters. The third kappa shape index (κ3) is 6.65. The van der Waals surface area contributed by atoms with Crippen LogP contribution in [-0.2, 0) is 0 Å². The third-order valence-electron chi connectivity index (χ3n) is 2.87. The van der Waals surface area contributed by atoms with E-state index in [2.05, 4.69) is 11.9 Å². The summed E-state index contributed by atoms with van der Waals surface area (Å²) in [6.45, 7) is 2.23. The molecule has 0 radical (unpaired) electrons. The van der Waals surface area contributed by atoms with Gasteiger partial charge in [-0.15, -0.1) is 0 Å². The van der Waals surface area contributed by atoms with Gasteiger partial charge in [0, 0.05) is 11.4 Å². The Labute approximate surface area is 115 Å². The van der Waals surface area contributed by atoms with Crippen LogP contribution in [0, 0.1) is 0 Å². The van der Waals surface area contributed by atoms with Crippen LogP contribution in [0.15, 0.2) is 29.3 Å². The molecule has 100 valence electrons. The minimum absolute atomic E-state index is 0.698. The first kappa shape index (κ1) is 15.0. The predicted molar refractivity (Wildman–Crippen MR) is 80.7 cm³/mol. The molecule has 2 nitrogen and oxygen atoms in total. The first-order valence-electron chi connectivity index (χ1n) is 6.81. The van der Waals surface area contributed by atoms with E-state index in [0.29, 0.717) is 10.9 Å². The first-order chi connectivity index (χ1) is 8.72. The molecule has 18 heavy (non-hydrogen) atoms. The van der Waals surface area contributed by atoms with Crippen LogP contribution in [0.5, 0.6) is 0 Å². The summed E-state index contributed by atoms with van der Waals surface area (Å²) in [6.07, 6.45) is 8.51. The summed E-state index contributed by atoms with van der Waals surface area (Å²) in [5.74, 6) is 0.702. The molecule has 0 fully saturated rings. The summed E-state index contributed by atoms with van der Waals surface area (Å²) in [5.41, 5.74) is 6.74. The maximum Gasteiger partial charge on any atom is 0.0996 e. The SMILES string of the molecule is CCCCCCCCC(N)=Nc1cccc(Cl)c1. The zero-order valence-electron chi connectivity index (χ0n) is 11.2. The second kappa shape index (κ2) is 8.98. The fourth-order valence-corrected chi connectivity index (χ4v) is 2.04. The van der Waals surface area contributed by atoms with Gasteiger partial charge in [-0.2, -0.15) is 0 Å². The molecule has 0 atom stereocenters. The molecular weight excluding hydrogens is 244 g/mol. The highest BCUT2D eigenvalue weighted by molar-refractivity contribution is 6.30. The minimum Gasteiger partial charge on any atom is -0.387 e. The van der Waals surface area contributed by atoms with E-state index in [1.807, 2.05) is 24.3 Å². The number of hydrogen-bond acceptors (Lipinski definition) is 1. The number of hydrogen-bond donors (Lipinski definition) is 1. The number of halogens is 1. The highest BCUT2D eigenvalue weighted by Crippen LogP contribution is 2.18. The van der Waals surface area contributed by atoms with Crippen molar-refractivity contribution in [1.82, 2.24) is 0 Å².